The number of aromatic nitrogens is 2. The Morgan fingerprint density at radius 3 is 2.85 bits per heavy atom. The lowest BCUT2D eigenvalue weighted by atomic mass is 10.2. The maximum Gasteiger partial charge on any atom is 0.156 e. The Morgan fingerprint density at radius 2 is 2.20 bits per heavy atom. The van der Waals surface area contributed by atoms with E-state index in [1.54, 1.807) is 7.11 Å². The molecule has 1 N–H and O–H groups in total. The van der Waals surface area contributed by atoms with Crippen LogP contribution in [-0.2, 0) is 6.54 Å². The van der Waals surface area contributed by atoms with Crippen LogP contribution in [0.25, 0.3) is 0 Å². The van der Waals surface area contributed by atoms with E-state index >= 15 is 0 Å². The minimum absolute atomic E-state index is 0.377. The summed E-state index contributed by atoms with van der Waals surface area (Å²) in [6.07, 6.45) is 3.70. The minimum Gasteiger partial charge on any atom is -0.493 e. The molecule has 2 rings (SSSR count). The summed E-state index contributed by atoms with van der Waals surface area (Å²) in [6, 6.07) is 4.04. The number of anilines is 1. The van der Waals surface area contributed by atoms with E-state index in [0.29, 0.717) is 17.6 Å². The molecule has 108 valence electrons. The van der Waals surface area contributed by atoms with Gasteiger partial charge >= 0.3 is 0 Å². The molecule has 1 aromatic carbocycles. The molecule has 1 heterocycles. The van der Waals surface area contributed by atoms with E-state index in [4.69, 9.17) is 16.3 Å². The first kappa shape index (κ1) is 15.2. The van der Waals surface area contributed by atoms with Gasteiger partial charge in [-0.2, -0.15) is 0 Å². The Bertz CT molecular complexity index is 598. The van der Waals surface area contributed by atoms with Crippen molar-refractivity contribution in [3.05, 3.63) is 39.8 Å². The molecule has 2 aromatic rings. The molecule has 0 fully saturated rings. The Hall–Kier alpha value is -1.20. The van der Waals surface area contributed by atoms with E-state index in [2.05, 4.69) is 44.6 Å². The average molecular weight is 359 g/mol. The summed E-state index contributed by atoms with van der Waals surface area (Å²) < 4.78 is 8.34. The summed E-state index contributed by atoms with van der Waals surface area (Å²) in [5.74, 6) is 0.741. The number of nitrogens with one attached hydrogen (secondary N) is 1. The van der Waals surface area contributed by atoms with E-state index in [0.717, 1.165) is 21.6 Å². The van der Waals surface area contributed by atoms with E-state index in [1.807, 2.05) is 24.7 Å². The molecule has 1 aromatic heterocycles. The summed E-state index contributed by atoms with van der Waals surface area (Å²) in [5.41, 5.74) is 1.96. The van der Waals surface area contributed by atoms with Crippen LogP contribution in [0.15, 0.2) is 29.1 Å². The van der Waals surface area contributed by atoms with E-state index in [9.17, 15) is 0 Å². The number of imidazole rings is 1. The summed E-state index contributed by atoms with van der Waals surface area (Å²) in [4.78, 5) is 4.19. The van der Waals surface area contributed by atoms with Crippen molar-refractivity contribution in [3.63, 3.8) is 0 Å². The van der Waals surface area contributed by atoms with Crippen molar-refractivity contribution in [1.29, 1.82) is 0 Å². The maximum absolute atomic E-state index is 6.08. The number of methoxy groups -OCH3 is 1. The normalized spacial score (nSPS) is 10.9. The maximum atomic E-state index is 6.08. The summed E-state index contributed by atoms with van der Waals surface area (Å²) in [6.45, 7) is 4.91. The van der Waals surface area contributed by atoms with Crippen molar-refractivity contribution >= 4 is 33.2 Å². The average Bonchev–Trinajstić information content (AvgIpc) is 2.84. The fourth-order valence-electron chi connectivity index (χ4n) is 2.02. The van der Waals surface area contributed by atoms with Crippen LogP contribution in [-0.4, -0.2) is 16.7 Å². The van der Waals surface area contributed by atoms with Crippen LogP contribution in [0.1, 0.15) is 25.6 Å². The highest BCUT2D eigenvalue weighted by molar-refractivity contribution is 9.10. The number of halogens is 2. The lowest BCUT2D eigenvalue weighted by Crippen LogP contribution is -2.09. The SMILES string of the molecule is COc1c(Br)cc(Cl)cc1NCc1cncn1C(C)C. The van der Waals surface area contributed by atoms with Crippen LogP contribution in [0, 0.1) is 0 Å². The molecule has 0 unspecified atom stereocenters. The van der Waals surface area contributed by atoms with Crippen LogP contribution in [0.2, 0.25) is 5.02 Å². The molecule has 0 aliphatic carbocycles. The predicted molar refractivity (Wildman–Crippen MR) is 85.6 cm³/mol. The van der Waals surface area contributed by atoms with Crippen molar-refractivity contribution in [2.45, 2.75) is 26.4 Å². The topological polar surface area (TPSA) is 39.1 Å². The first-order valence-electron chi connectivity index (χ1n) is 6.30. The van der Waals surface area contributed by atoms with Gasteiger partial charge in [0.15, 0.2) is 5.75 Å². The minimum atomic E-state index is 0.377. The van der Waals surface area contributed by atoms with Crippen molar-refractivity contribution in [3.8, 4) is 5.75 Å². The lowest BCUT2D eigenvalue weighted by Gasteiger charge is -2.15. The number of hydrogen-bond donors (Lipinski definition) is 1. The fraction of sp³-hybridized carbons (Fsp3) is 0.357. The van der Waals surface area contributed by atoms with Crippen molar-refractivity contribution < 1.29 is 4.74 Å². The molecule has 0 bridgehead atoms. The zero-order chi connectivity index (χ0) is 14.7. The molecule has 0 saturated heterocycles. The molecular weight excluding hydrogens is 342 g/mol. The third kappa shape index (κ3) is 3.27. The molecular formula is C14H17BrClN3O. The first-order chi connectivity index (χ1) is 9.52. The number of benzene rings is 1. The standard InChI is InChI=1S/C14H17BrClN3O/c1-9(2)19-8-17-6-11(19)7-18-13-5-10(16)4-12(15)14(13)20-3/h4-6,8-9,18H,7H2,1-3H3. The van der Waals surface area contributed by atoms with Gasteiger partial charge in [0.1, 0.15) is 0 Å². The van der Waals surface area contributed by atoms with Gasteiger partial charge in [0.25, 0.3) is 0 Å². The molecule has 0 atom stereocenters. The summed E-state index contributed by atoms with van der Waals surface area (Å²) >= 11 is 9.53. The molecule has 0 amide bonds. The van der Waals surface area contributed by atoms with Gasteiger partial charge < -0.3 is 14.6 Å². The van der Waals surface area contributed by atoms with Crippen molar-refractivity contribution in [2.24, 2.45) is 0 Å². The number of ether oxygens (including phenoxy) is 1. The van der Waals surface area contributed by atoms with Crippen molar-refractivity contribution in [2.75, 3.05) is 12.4 Å². The third-order valence-electron chi connectivity index (χ3n) is 2.98. The molecule has 0 aliphatic rings. The number of hydrogen-bond acceptors (Lipinski definition) is 3. The second kappa shape index (κ2) is 6.50. The molecule has 6 heteroatoms. The van der Waals surface area contributed by atoms with E-state index in [-0.39, 0.29) is 0 Å². The van der Waals surface area contributed by atoms with Crippen LogP contribution < -0.4 is 10.1 Å². The highest BCUT2D eigenvalue weighted by atomic mass is 79.9. The third-order valence-corrected chi connectivity index (χ3v) is 3.78. The van der Waals surface area contributed by atoms with Gasteiger partial charge in [0.2, 0.25) is 0 Å². The molecule has 4 nitrogen and oxygen atoms in total. The predicted octanol–water partition coefficient (Wildman–Crippen LogP) is 4.50. The van der Waals surface area contributed by atoms with E-state index in [1.165, 1.54) is 0 Å². The smallest absolute Gasteiger partial charge is 0.156 e. The number of nitrogens with zero attached hydrogens (tertiary/aromatic N) is 2. The monoisotopic (exact) mass is 357 g/mol. The first-order valence-corrected chi connectivity index (χ1v) is 7.47. The van der Waals surface area contributed by atoms with Crippen molar-refractivity contribution in [1.82, 2.24) is 9.55 Å². The van der Waals surface area contributed by atoms with Crippen LogP contribution in [0.4, 0.5) is 5.69 Å². The van der Waals surface area contributed by atoms with Gasteiger partial charge in [-0.1, -0.05) is 11.6 Å². The van der Waals surface area contributed by atoms with Crippen LogP contribution in [0.3, 0.4) is 0 Å². The second-order valence-electron chi connectivity index (χ2n) is 4.71. The van der Waals surface area contributed by atoms with Gasteiger partial charge in [-0.25, -0.2) is 4.98 Å². The highest BCUT2D eigenvalue weighted by Crippen LogP contribution is 2.36. The lowest BCUT2D eigenvalue weighted by molar-refractivity contribution is 0.413. The molecule has 0 spiro atoms. The largest absolute Gasteiger partial charge is 0.493 e. The Balaban J connectivity index is 2.20. The second-order valence-corrected chi connectivity index (χ2v) is 6.00. The Kier molecular flexibility index (Phi) is 4.94. The Morgan fingerprint density at radius 1 is 1.45 bits per heavy atom. The molecule has 0 radical (unpaired) electrons. The quantitative estimate of drug-likeness (QED) is 0.855. The van der Waals surface area contributed by atoms with Gasteiger partial charge in [-0.3, -0.25) is 0 Å². The summed E-state index contributed by atoms with van der Waals surface area (Å²) in [7, 11) is 1.64. The molecule has 20 heavy (non-hydrogen) atoms. The van der Waals surface area contributed by atoms with Gasteiger partial charge in [-0.05, 0) is 41.9 Å². The molecule has 0 saturated carbocycles. The summed E-state index contributed by atoms with van der Waals surface area (Å²) in [5, 5.41) is 3.99. The number of rotatable bonds is 5. The van der Waals surface area contributed by atoms with Crippen LogP contribution in [0.5, 0.6) is 5.75 Å². The van der Waals surface area contributed by atoms with E-state index < -0.39 is 0 Å². The van der Waals surface area contributed by atoms with Gasteiger partial charge in [0.05, 0.1) is 35.8 Å². The Labute approximate surface area is 132 Å². The zero-order valence-corrected chi connectivity index (χ0v) is 14.0. The molecule has 0 aliphatic heterocycles. The van der Waals surface area contributed by atoms with Crippen LogP contribution >= 0.6 is 27.5 Å². The van der Waals surface area contributed by atoms with Gasteiger partial charge in [-0.15, -0.1) is 0 Å². The zero-order valence-electron chi connectivity index (χ0n) is 11.7. The fourth-order valence-corrected chi connectivity index (χ4v) is 2.99. The highest BCUT2D eigenvalue weighted by Gasteiger charge is 2.11. The van der Waals surface area contributed by atoms with Gasteiger partial charge in [0, 0.05) is 17.3 Å².